The highest BCUT2D eigenvalue weighted by atomic mass is 35.5. The molecular formula is C18H17ClN2O3. The Morgan fingerprint density at radius 1 is 1.08 bits per heavy atom. The normalized spacial score (nSPS) is 10.6. The highest BCUT2D eigenvalue weighted by molar-refractivity contribution is 6.33. The lowest BCUT2D eigenvalue weighted by atomic mass is 10.2. The topological polar surface area (TPSA) is 52.5 Å². The number of anilines is 1. The fraction of sp³-hybridized carbons (Fsp3) is 0.167. The van der Waals surface area contributed by atoms with Crippen LogP contribution in [0.5, 0.6) is 11.5 Å². The largest absolute Gasteiger partial charge is 0.497 e. The van der Waals surface area contributed by atoms with Crippen molar-refractivity contribution in [1.82, 2.24) is 4.57 Å². The summed E-state index contributed by atoms with van der Waals surface area (Å²) in [6, 6.07) is 12.8. The average molecular weight is 345 g/mol. The molecule has 0 fully saturated rings. The summed E-state index contributed by atoms with van der Waals surface area (Å²) < 4.78 is 12.2. The van der Waals surface area contributed by atoms with E-state index in [9.17, 15) is 4.79 Å². The van der Waals surface area contributed by atoms with Crippen LogP contribution in [0.15, 0.2) is 48.7 Å². The molecule has 0 bridgehead atoms. The number of rotatable bonds is 5. The van der Waals surface area contributed by atoms with Crippen LogP contribution in [-0.2, 0) is 11.3 Å². The zero-order valence-corrected chi connectivity index (χ0v) is 14.1. The first-order valence-electron chi connectivity index (χ1n) is 7.37. The van der Waals surface area contributed by atoms with Crippen molar-refractivity contribution in [1.29, 1.82) is 0 Å². The number of methoxy groups -OCH3 is 2. The second-order valence-corrected chi connectivity index (χ2v) is 5.67. The zero-order chi connectivity index (χ0) is 17.1. The summed E-state index contributed by atoms with van der Waals surface area (Å²) >= 11 is 6.12. The number of benzene rings is 2. The summed E-state index contributed by atoms with van der Waals surface area (Å²) in [5.41, 5.74) is 1.49. The SMILES string of the molecule is COc1ccc(Cl)c(NC(=O)Cn2ccc3cc(OC)ccc32)c1. The van der Waals surface area contributed by atoms with Crippen molar-refractivity contribution >= 4 is 34.1 Å². The molecule has 1 heterocycles. The third kappa shape index (κ3) is 3.31. The molecule has 0 saturated heterocycles. The van der Waals surface area contributed by atoms with E-state index in [-0.39, 0.29) is 12.5 Å². The summed E-state index contributed by atoms with van der Waals surface area (Å²) in [5, 5.41) is 4.29. The van der Waals surface area contributed by atoms with E-state index in [4.69, 9.17) is 21.1 Å². The van der Waals surface area contributed by atoms with Gasteiger partial charge in [0.15, 0.2) is 0 Å². The minimum absolute atomic E-state index is 0.168. The summed E-state index contributed by atoms with van der Waals surface area (Å²) in [5.74, 6) is 1.25. The molecule has 0 unspecified atom stereocenters. The number of fused-ring (bicyclic) bond motifs is 1. The Morgan fingerprint density at radius 3 is 2.54 bits per heavy atom. The smallest absolute Gasteiger partial charge is 0.244 e. The molecule has 3 rings (SSSR count). The van der Waals surface area contributed by atoms with Crippen LogP contribution in [0.3, 0.4) is 0 Å². The lowest BCUT2D eigenvalue weighted by Crippen LogP contribution is -2.18. The molecule has 0 spiro atoms. The first-order chi connectivity index (χ1) is 11.6. The van der Waals surface area contributed by atoms with Gasteiger partial charge >= 0.3 is 0 Å². The number of nitrogens with one attached hydrogen (secondary N) is 1. The number of hydrogen-bond acceptors (Lipinski definition) is 3. The van der Waals surface area contributed by atoms with Gasteiger partial charge in [-0.15, -0.1) is 0 Å². The van der Waals surface area contributed by atoms with Crippen molar-refractivity contribution in [2.75, 3.05) is 19.5 Å². The van der Waals surface area contributed by atoms with E-state index in [1.54, 1.807) is 32.4 Å². The van der Waals surface area contributed by atoms with Crippen molar-refractivity contribution in [2.45, 2.75) is 6.54 Å². The Hall–Kier alpha value is -2.66. The standard InChI is InChI=1S/C18H17ClN2O3/c1-23-13-4-6-17-12(9-13)7-8-21(17)11-18(22)20-16-10-14(24-2)3-5-15(16)19/h3-10H,11H2,1-2H3,(H,20,22). The number of ether oxygens (including phenoxy) is 2. The van der Waals surface area contributed by atoms with Crippen molar-refractivity contribution in [2.24, 2.45) is 0 Å². The molecule has 6 heteroatoms. The Balaban J connectivity index is 1.78. The van der Waals surface area contributed by atoms with Crippen LogP contribution in [0.4, 0.5) is 5.69 Å². The highest BCUT2D eigenvalue weighted by Crippen LogP contribution is 2.27. The minimum atomic E-state index is -0.168. The molecule has 24 heavy (non-hydrogen) atoms. The number of amides is 1. The lowest BCUT2D eigenvalue weighted by Gasteiger charge is -2.10. The van der Waals surface area contributed by atoms with Gasteiger partial charge in [0.1, 0.15) is 18.0 Å². The maximum absolute atomic E-state index is 12.3. The maximum Gasteiger partial charge on any atom is 0.244 e. The van der Waals surface area contributed by atoms with Crippen LogP contribution in [-0.4, -0.2) is 24.7 Å². The second-order valence-electron chi connectivity index (χ2n) is 5.26. The molecule has 1 N–H and O–H groups in total. The number of nitrogens with zero attached hydrogens (tertiary/aromatic N) is 1. The van der Waals surface area contributed by atoms with Gasteiger partial charge in [0, 0.05) is 23.2 Å². The Morgan fingerprint density at radius 2 is 1.79 bits per heavy atom. The first-order valence-corrected chi connectivity index (χ1v) is 7.75. The lowest BCUT2D eigenvalue weighted by molar-refractivity contribution is -0.116. The summed E-state index contributed by atoms with van der Waals surface area (Å²) in [6.45, 7) is 0.184. The van der Waals surface area contributed by atoms with Crippen LogP contribution < -0.4 is 14.8 Å². The minimum Gasteiger partial charge on any atom is -0.497 e. The van der Waals surface area contributed by atoms with Gasteiger partial charge in [0.25, 0.3) is 0 Å². The molecule has 5 nitrogen and oxygen atoms in total. The van der Waals surface area contributed by atoms with E-state index in [1.807, 2.05) is 35.0 Å². The molecule has 3 aromatic rings. The molecule has 0 aliphatic rings. The summed E-state index contributed by atoms with van der Waals surface area (Å²) in [4.78, 5) is 12.3. The number of carbonyl (C=O) groups excluding carboxylic acids is 1. The van der Waals surface area contributed by atoms with E-state index in [1.165, 1.54) is 0 Å². The predicted molar refractivity (Wildman–Crippen MR) is 95.1 cm³/mol. The summed E-state index contributed by atoms with van der Waals surface area (Å²) in [7, 11) is 3.19. The van der Waals surface area contributed by atoms with Gasteiger partial charge in [-0.3, -0.25) is 4.79 Å². The molecule has 0 saturated carbocycles. The predicted octanol–water partition coefficient (Wildman–Crippen LogP) is 3.95. The Labute approximate surface area is 144 Å². The monoisotopic (exact) mass is 344 g/mol. The fourth-order valence-corrected chi connectivity index (χ4v) is 2.68. The van der Waals surface area contributed by atoms with Gasteiger partial charge in [-0.05, 0) is 36.4 Å². The van der Waals surface area contributed by atoms with Crippen molar-refractivity contribution in [3.05, 3.63) is 53.7 Å². The van der Waals surface area contributed by atoms with Gasteiger partial charge in [-0.25, -0.2) is 0 Å². The fourth-order valence-electron chi connectivity index (χ4n) is 2.51. The van der Waals surface area contributed by atoms with Gasteiger partial charge in [-0.1, -0.05) is 11.6 Å². The van der Waals surface area contributed by atoms with Crippen molar-refractivity contribution in [3.63, 3.8) is 0 Å². The molecule has 0 radical (unpaired) electrons. The molecule has 0 aliphatic carbocycles. The highest BCUT2D eigenvalue weighted by Gasteiger charge is 2.10. The van der Waals surface area contributed by atoms with Crippen LogP contribution >= 0.6 is 11.6 Å². The van der Waals surface area contributed by atoms with Crippen molar-refractivity contribution in [3.8, 4) is 11.5 Å². The third-order valence-electron chi connectivity index (χ3n) is 3.74. The molecule has 1 amide bonds. The molecule has 0 atom stereocenters. The molecule has 0 aliphatic heterocycles. The van der Waals surface area contributed by atoms with Gasteiger partial charge in [0.05, 0.1) is 24.9 Å². The van der Waals surface area contributed by atoms with E-state index < -0.39 is 0 Å². The van der Waals surface area contributed by atoms with Crippen LogP contribution in [0, 0.1) is 0 Å². The van der Waals surface area contributed by atoms with Crippen LogP contribution in [0.2, 0.25) is 5.02 Å². The molecule has 124 valence electrons. The molecular weight excluding hydrogens is 328 g/mol. The number of hydrogen-bond donors (Lipinski definition) is 1. The quantitative estimate of drug-likeness (QED) is 0.762. The number of halogens is 1. The second kappa shape index (κ2) is 6.84. The zero-order valence-electron chi connectivity index (χ0n) is 13.4. The van der Waals surface area contributed by atoms with E-state index in [2.05, 4.69) is 5.32 Å². The first kappa shape index (κ1) is 16.2. The van der Waals surface area contributed by atoms with Crippen molar-refractivity contribution < 1.29 is 14.3 Å². The van der Waals surface area contributed by atoms with Crippen LogP contribution in [0.1, 0.15) is 0 Å². The molecule has 2 aromatic carbocycles. The van der Waals surface area contributed by atoms with Gasteiger partial charge < -0.3 is 19.4 Å². The maximum atomic E-state index is 12.3. The third-order valence-corrected chi connectivity index (χ3v) is 4.07. The van der Waals surface area contributed by atoms with Crippen LogP contribution in [0.25, 0.3) is 10.9 Å². The summed E-state index contributed by atoms with van der Waals surface area (Å²) in [6.07, 6.45) is 1.87. The Bertz CT molecular complexity index is 889. The number of aromatic nitrogens is 1. The van der Waals surface area contributed by atoms with E-state index in [0.717, 1.165) is 16.7 Å². The van der Waals surface area contributed by atoms with E-state index >= 15 is 0 Å². The van der Waals surface area contributed by atoms with Gasteiger partial charge in [-0.2, -0.15) is 0 Å². The van der Waals surface area contributed by atoms with E-state index in [0.29, 0.717) is 16.5 Å². The Kier molecular flexibility index (Phi) is 4.62. The molecule has 1 aromatic heterocycles. The number of carbonyl (C=O) groups is 1. The van der Waals surface area contributed by atoms with Gasteiger partial charge in [0.2, 0.25) is 5.91 Å². The average Bonchev–Trinajstić information content (AvgIpc) is 2.98.